The van der Waals surface area contributed by atoms with E-state index in [0.29, 0.717) is 6.04 Å². The molecule has 0 aromatic rings. The van der Waals surface area contributed by atoms with Crippen LogP contribution in [0.4, 0.5) is 0 Å². The lowest BCUT2D eigenvalue weighted by molar-refractivity contribution is -0.127. The van der Waals surface area contributed by atoms with Crippen molar-refractivity contribution >= 4 is 35.8 Å². The summed E-state index contributed by atoms with van der Waals surface area (Å²) < 4.78 is 0. The van der Waals surface area contributed by atoms with Crippen molar-refractivity contribution < 1.29 is 4.79 Å². The molecule has 1 N–H and O–H groups in total. The number of guanidine groups is 1. The first-order valence-corrected chi connectivity index (χ1v) is 8.74. The number of nitrogens with one attached hydrogen (secondary N) is 1. The predicted molar refractivity (Wildman–Crippen MR) is 110 cm³/mol. The molecule has 1 fully saturated rings. The van der Waals surface area contributed by atoms with Gasteiger partial charge in [-0.3, -0.25) is 9.69 Å². The molecule has 2 rings (SSSR count). The van der Waals surface area contributed by atoms with Gasteiger partial charge in [-0.05, 0) is 12.8 Å². The standard InChI is InChI=1S/C17H31N5O.HI/c1-4-5-9-18-17(19-13-16(23)20(2)3)22-12-8-15(14-22)21-10-6-7-11-21;/h6-7,15H,4-5,8-14H2,1-3H3,(H,18,19);1H. The molecule has 0 spiro atoms. The molecule has 1 unspecified atom stereocenters. The van der Waals surface area contributed by atoms with Gasteiger partial charge in [-0.25, -0.2) is 4.99 Å². The molecular formula is C17H32IN5O. The fraction of sp³-hybridized carbons (Fsp3) is 0.765. The number of halogens is 1. The van der Waals surface area contributed by atoms with Crippen molar-refractivity contribution in [3.05, 3.63) is 12.2 Å². The minimum atomic E-state index is 0. The molecule has 138 valence electrons. The van der Waals surface area contributed by atoms with Crippen LogP contribution < -0.4 is 5.32 Å². The molecule has 1 amide bonds. The van der Waals surface area contributed by atoms with Gasteiger partial charge in [0.05, 0.1) is 0 Å². The van der Waals surface area contributed by atoms with E-state index in [2.05, 4.69) is 39.2 Å². The molecule has 0 aromatic heterocycles. The first kappa shape index (κ1) is 21.2. The van der Waals surface area contributed by atoms with E-state index in [1.807, 2.05) is 0 Å². The number of nitrogens with zero attached hydrogens (tertiary/aromatic N) is 4. The van der Waals surface area contributed by atoms with E-state index in [-0.39, 0.29) is 36.4 Å². The Kier molecular flexibility index (Phi) is 9.65. The third-order valence-electron chi connectivity index (χ3n) is 4.50. The molecule has 24 heavy (non-hydrogen) atoms. The number of carbonyl (C=O) groups is 1. The van der Waals surface area contributed by atoms with Gasteiger partial charge < -0.3 is 15.1 Å². The van der Waals surface area contributed by atoms with Crippen molar-refractivity contribution in [1.82, 2.24) is 20.0 Å². The predicted octanol–water partition coefficient (Wildman–Crippen LogP) is 1.38. The molecule has 0 bridgehead atoms. The minimum Gasteiger partial charge on any atom is -0.356 e. The van der Waals surface area contributed by atoms with Crippen LogP contribution in [0.25, 0.3) is 0 Å². The van der Waals surface area contributed by atoms with Crippen LogP contribution in [0.2, 0.25) is 0 Å². The lowest BCUT2D eigenvalue weighted by Gasteiger charge is -2.25. The van der Waals surface area contributed by atoms with E-state index >= 15 is 0 Å². The highest BCUT2D eigenvalue weighted by Gasteiger charge is 2.29. The highest BCUT2D eigenvalue weighted by molar-refractivity contribution is 14.0. The molecule has 2 aliphatic rings. The summed E-state index contributed by atoms with van der Waals surface area (Å²) in [5.41, 5.74) is 0. The molecule has 1 saturated heterocycles. The number of amides is 1. The topological polar surface area (TPSA) is 51.2 Å². The van der Waals surface area contributed by atoms with E-state index in [1.165, 1.54) is 0 Å². The van der Waals surface area contributed by atoms with Gasteiger partial charge in [-0.2, -0.15) is 0 Å². The van der Waals surface area contributed by atoms with Crippen molar-refractivity contribution in [2.24, 2.45) is 4.99 Å². The third-order valence-corrected chi connectivity index (χ3v) is 4.50. The average molecular weight is 449 g/mol. The van der Waals surface area contributed by atoms with Crippen LogP contribution in [0.1, 0.15) is 26.2 Å². The number of rotatable bonds is 6. The van der Waals surface area contributed by atoms with Gasteiger partial charge in [-0.15, -0.1) is 24.0 Å². The third kappa shape index (κ3) is 6.23. The summed E-state index contributed by atoms with van der Waals surface area (Å²) in [7, 11) is 3.54. The summed E-state index contributed by atoms with van der Waals surface area (Å²) in [6, 6.07) is 0.590. The zero-order valence-corrected chi connectivity index (χ0v) is 17.5. The van der Waals surface area contributed by atoms with E-state index in [1.54, 1.807) is 19.0 Å². The molecule has 1 atom stereocenters. The number of hydrogen-bond acceptors (Lipinski definition) is 3. The Labute approximate surface area is 163 Å². The number of unbranched alkanes of at least 4 members (excludes halogenated alkanes) is 1. The Balaban J connectivity index is 0.00000288. The monoisotopic (exact) mass is 449 g/mol. The first-order chi connectivity index (χ1) is 11.1. The summed E-state index contributed by atoms with van der Waals surface area (Å²) in [6.07, 6.45) is 7.92. The van der Waals surface area contributed by atoms with E-state index in [4.69, 9.17) is 0 Å². The van der Waals surface area contributed by atoms with E-state index < -0.39 is 0 Å². The summed E-state index contributed by atoms with van der Waals surface area (Å²) in [5, 5.41) is 3.44. The average Bonchev–Trinajstić information content (AvgIpc) is 3.20. The normalized spacial score (nSPS) is 21.0. The van der Waals surface area contributed by atoms with Crippen LogP contribution in [-0.2, 0) is 4.79 Å². The Bertz CT molecular complexity index is 444. The molecule has 6 nitrogen and oxygen atoms in total. The highest BCUT2D eigenvalue weighted by Crippen LogP contribution is 2.17. The number of aliphatic imine (C=N–C) groups is 1. The number of likely N-dealkylation sites (tertiary alicyclic amines) is 1. The van der Waals surface area contributed by atoms with Crippen LogP contribution in [0.5, 0.6) is 0 Å². The van der Waals surface area contributed by atoms with Crippen LogP contribution >= 0.6 is 24.0 Å². The number of hydrogen-bond donors (Lipinski definition) is 1. The van der Waals surface area contributed by atoms with Gasteiger partial charge in [0, 0.05) is 52.9 Å². The summed E-state index contributed by atoms with van der Waals surface area (Å²) in [6.45, 7) is 7.44. The molecule has 7 heteroatoms. The Morgan fingerprint density at radius 3 is 2.67 bits per heavy atom. The van der Waals surface area contributed by atoms with Crippen molar-refractivity contribution in [3.8, 4) is 0 Å². The fourth-order valence-electron chi connectivity index (χ4n) is 2.95. The fourth-order valence-corrected chi connectivity index (χ4v) is 2.95. The zero-order chi connectivity index (χ0) is 16.7. The van der Waals surface area contributed by atoms with Crippen LogP contribution in [0.15, 0.2) is 17.1 Å². The molecule has 0 aromatic carbocycles. The van der Waals surface area contributed by atoms with Gasteiger partial charge in [0.1, 0.15) is 6.54 Å². The maximum atomic E-state index is 11.8. The zero-order valence-electron chi connectivity index (χ0n) is 15.2. The van der Waals surface area contributed by atoms with Gasteiger partial charge in [-0.1, -0.05) is 25.5 Å². The van der Waals surface area contributed by atoms with Gasteiger partial charge in [0.2, 0.25) is 5.91 Å². The Morgan fingerprint density at radius 2 is 2.04 bits per heavy atom. The maximum absolute atomic E-state index is 11.8. The van der Waals surface area contributed by atoms with E-state index in [9.17, 15) is 4.79 Å². The van der Waals surface area contributed by atoms with E-state index in [0.717, 1.165) is 57.9 Å². The largest absolute Gasteiger partial charge is 0.356 e. The van der Waals surface area contributed by atoms with Gasteiger partial charge >= 0.3 is 0 Å². The molecular weight excluding hydrogens is 417 g/mol. The Morgan fingerprint density at radius 1 is 1.33 bits per heavy atom. The maximum Gasteiger partial charge on any atom is 0.243 e. The molecule has 2 heterocycles. The summed E-state index contributed by atoms with van der Waals surface area (Å²) in [5.74, 6) is 0.933. The lowest BCUT2D eigenvalue weighted by atomic mass is 10.2. The number of likely N-dealkylation sites (N-methyl/N-ethyl adjacent to an activating group) is 1. The lowest BCUT2D eigenvalue weighted by Crippen LogP contribution is -2.43. The second kappa shape index (κ2) is 10.9. The SMILES string of the molecule is CCCCNC(=NCC(=O)N(C)C)N1CCC(N2CC=CC2)C1.I. The van der Waals surface area contributed by atoms with Crippen molar-refractivity contribution in [2.45, 2.75) is 32.2 Å². The molecule has 0 aliphatic carbocycles. The molecule has 2 aliphatic heterocycles. The van der Waals surface area contributed by atoms with Crippen LogP contribution in [0.3, 0.4) is 0 Å². The molecule has 0 radical (unpaired) electrons. The Hall–Kier alpha value is -0.830. The quantitative estimate of drug-likeness (QED) is 0.219. The first-order valence-electron chi connectivity index (χ1n) is 8.74. The number of carbonyl (C=O) groups excluding carboxylic acids is 1. The van der Waals surface area contributed by atoms with Crippen molar-refractivity contribution in [3.63, 3.8) is 0 Å². The second-order valence-corrected chi connectivity index (χ2v) is 6.52. The summed E-state index contributed by atoms with van der Waals surface area (Å²) >= 11 is 0. The van der Waals surface area contributed by atoms with Crippen molar-refractivity contribution in [1.29, 1.82) is 0 Å². The van der Waals surface area contributed by atoms with Crippen LogP contribution in [-0.4, -0.2) is 86.0 Å². The van der Waals surface area contributed by atoms with Gasteiger partial charge in [0.25, 0.3) is 0 Å². The highest BCUT2D eigenvalue weighted by atomic mass is 127. The summed E-state index contributed by atoms with van der Waals surface area (Å²) in [4.78, 5) is 22.8. The second-order valence-electron chi connectivity index (χ2n) is 6.52. The van der Waals surface area contributed by atoms with Crippen molar-refractivity contribution in [2.75, 3.05) is 53.4 Å². The minimum absolute atomic E-state index is 0. The molecule has 0 saturated carbocycles. The van der Waals surface area contributed by atoms with Gasteiger partial charge in [0.15, 0.2) is 5.96 Å². The van der Waals surface area contributed by atoms with Crippen LogP contribution in [0, 0.1) is 0 Å². The smallest absolute Gasteiger partial charge is 0.243 e.